The van der Waals surface area contributed by atoms with E-state index in [0.717, 1.165) is 29.5 Å². The van der Waals surface area contributed by atoms with Crippen molar-refractivity contribution in [1.82, 2.24) is 19.4 Å². The molecule has 0 bridgehead atoms. The highest BCUT2D eigenvalue weighted by Crippen LogP contribution is 2.51. The molecule has 47 heavy (non-hydrogen) atoms. The molecule has 1 fully saturated rings. The smallest absolute Gasteiger partial charge is 0.410 e. The summed E-state index contributed by atoms with van der Waals surface area (Å²) in [6, 6.07) is 13.1. The Bertz CT molecular complexity index is 1940. The average molecular weight is 644 g/mol. The normalized spacial score (nSPS) is 15.5. The number of hydrogen-bond donors (Lipinski definition) is 0. The monoisotopic (exact) mass is 643 g/mol. The minimum atomic E-state index is -3.57. The Balaban J connectivity index is 1.14. The molecule has 2 aromatic heterocycles. The van der Waals surface area contributed by atoms with Crippen LogP contribution in [0.25, 0.3) is 22.5 Å². The van der Waals surface area contributed by atoms with Gasteiger partial charge in [-0.1, -0.05) is 24.3 Å². The van der Waals surface area contributed by atoms with Crippen LogP contribution in [0.1, 0.15) is 56.0 Å². The molecule has 9 nitrogen and oxygen atoms in total. The number of benzene rings is 2. The van der Waals surface area contributed by atoms with Gasteiger partial charge in [0.1, 0.15) is 11.3 Å². The maximum Gasteiger partial charge on any atom is 0.410 e. The number of pyridine rings is 1. The summed E-state index contributed by atoms with van der Waals surface area (Å²) in [6.45, 7) is 6.82. The number of alkyl halides is 2. The van der Waals surface area contributed by atoms with Gasteiger partial charge in [0.2, 0.25) is 0 Å². The maximum absolute atomic E-state index is 15.7. The third-order valence-electron chi connectivity index (χ3n) is 8.23. The first-order valence-electron chi connectivity index (χ1n) is 15.2. The molecule has 3 heterocycles. The molecular weight excluding hydrogens is 611 g/mol. The predicted molar refractivity (Wildman–Crippen MR) is 166 cm³/mol. The Hall–Kier alpha value is -5.18. The van der Waals surface area contributed by atoms with Crippen molar-refractivity contribution in [2.45, 2.75) is 51.7 Å². The fraction of sp³-hybridized carbons (Fsp3) is 0.343. The van der Waals surface area contributed by atoms with Gasteiger partial charge in [0, 0.05) is 29.8 Å². The first kappa shape index (κ1) is 31.8. The van der Waals surface area contributed by atoms with Crippen molar-refractivity contribution in [3.05, 3.63) is 99.5 Å². The molecular formula is C35H32F3N5O4. The lowest BCUT2D eigenvalue weighted by Crippen LogP contribution is -2.42. The number of carbonyl (C=O) groups is 1. The molecule has 4 aromatic rings. The van der Waals surface area contributed by atoms with E-state index in [-0.39, 0.29) is 40.8 Å². The van der Waals surface area contributed by atoms with Gasteiger partial charge in [-0.3, -0.25) is 9.36 Å². The number of nitriles is 1. The fourth-order valence-electron chi connectivity index (χ4n) is 5.92. The van der Waals surface area contributed by atoms with Crippen molar-refractivity contribution in [2.24, 2.45) is 5.92 Å². The van der Waals surface area contributed by atoms with Gasteiger partial charge >= 0.3 is 12.0 Å². The molecule has 0 spiro atoms. The first-order chi connectivity index (χ1) is 22.3. The Labute approximate surface area is 269 Å². The number of likely N-dealkylation sites (tertiary alicyclic amines) is 1. The summed E-state index contributed by atoms with van der Waals surface area (Å²) in [5.41, 5.74) is -1.64. The van der Waals surface area contributed by atoms with Crippen LogP contribution in [0.3, 0.4) is 0 Å². The molecule has 1 aliphatic heterocycles. The molecule has 0 unspecified atom stereocenters. The summed E-state index contributed by atoms with van der Waals surface area (Å²) in [5, 5.41) is 9.26. The molecule has 0 saturated carbocycles. The van der Waals surface area contributed by atoms with Crippen LogP contribution in [0.4, 0.5) is 18.0 Å². The van der Waals surface area contributed by atoms with Crippen LogP contribution in [0.5, 0.6) is 5.75 Å². The summed E-state index contributed by atoms with van der Waals surface area (Å²) in [4.78, 5) is 35.7. The number of hydrogen-bond acceptors (Lipinski definition) is 7. The average Bonchev–Trinajstić information content (AvgIpc) is 3.26. The standard InChI is InChI=1S/C35H32F3N5O4/c1-34(2,3)47-33(45)42-11-9-21(10-12-42)20-46-25-17-40-31(41-18-25)24-6-4-5-23(13-24)19-43-30-27(15-29(36)32(43)44)26-14-22(16-39)7-8-28(26)35(30,37)38/h4-8,13-15,17-18,21H,9-12,19-20H2,1-3H3. The SMILES string of the molecule is CC(C)(C)OC(=O)N1CCC(COc2cnc(-c3cccc(Cn4c5c(cc(F)c4=O)-c4cc(C#N)ccc4C5(F)F)c3)nc2)CC1. The van der Waals surface area contributed by atoms with E-state index in [0.29, 0.717) is 42.4 Å². The van der Waals surface area contributed by atoms with Gasteiger partial charge in [0.05, 0.1) is 37.2 Å². The number of carbonyl (C=O) groups excluding carboxylic acids is 1. The summed E-state index contributed by atoms with van der Waals surface area (Å²) < 4.78 is 58.3. The van der Waals surface area contributed by atoms with Crippen molar-refractivity contribution in [3.8, 4) is 34.3 Å². The quantitative estimate of drug-likeness (QED) is 0.236. The molecule has 0 radical (unpaired) electrons. The van der Waals surface area contributed by atoms with E-state index in [1.807, 2.05) is 26.8 Å². The van der Waals surface area contributed by atoms with Crippen LogP contribution in [0.2, 0.25) is 0 Å². The summed E-state index contributed by atoms with van der Waals surface area (Å²) >= 11 is 0. The second-order valence-corrected chi connectivity index (χ2v) is 12.8. The molecule has 1 saturated heterocycles. The number of nitrogens with zero attached hydrogens (tertiary/aromatic N) is 5. The highest BCUT2D eigenvalue weighted by molar-refractivity contribution is 5.79. The number of ether oxygens (including phenoxy) is 2. The highest BCUT2D eigenvalue weighted by Gasteiger charge is 2.47. The van der Waals surface area contributed by atoms with Crippen molar-refractivity contribution in [1.29, 1.82) is 5.26 Å². The van der Waals surface area contributed by atoms with Crippen LogP contribution < -0.4 is 10.3 Å². The van der Waals surface area contributed by atoms with Crippen LogP contribution in [0, 0.1) is 23.1 Å². The molecule has 2 aliphatic rings. The zero-order chi connectivity index (χ0) is 33.5. The number of fused-ring (bicyclic) bond motifs is 3. The van der Waals surface area contributed by atoms with E-state index >= 15 is 8.78 Å². The topological polar surface area (TPSA) is 110 Å². The van der Waals surface area contributed by atoms with Crippen molar-refractivity contribution in [3.63, 3.8) is 0 Å². The molecule has 1 aliphatic carbocycles. The second-order valence-electron chi connectivity index (χ2n) is 12.8. The number of amides is 1. The van der Waals surface area contributed by atoms with Crippen molar-refractivity contribution < 1.29 is 27.4 Å². The zero-order valence-corrected chi connectivity index (χ0v) is 26.1. The number of aromatic nitrogens is 3. The second kappa shape index (κ2) is 12.2. The molecule has 12 heteroatoms. The summed E-state index contributed by atoms with van der Waals surface area (Å²) in [6.07, 6.45) is 4.34. The largest absolute Gasteiger partial charge is 0.490 e. The molecule has 0 N–H and O–H groups in total. The third kappa shape index (κ3) is 6.43. The van der Waals surface area contributed by atoms with E-state index in [1.165, 1.54) is 12.1 Å². The van der Waals surface area contributed by atoms with Crippen LogP contribution in [-0.2, 0) is 17.2 Å². The predicted octanol–water partition coefficient (Wildman–Crippen LogP) is 6.51. The van der Waals surface area contributed by atoms with Gasteiger partial charge in [-0.05, 0) is 74.9 Å². The lowest BCUT2D eigenvalue weighted by molar-refractivity contribution is 0.0164. The van der Waals surface area contributed by atoms with E-state index < -0.39 is 28.6 Å². The summed E-state index contributed by atoms with van der Waals surface area (Å²) in [7, 11) is 0. The van der Waals surface area contributed by atoms with Gasteiger partial charge in [-0.25, -0.2) is 19.2 Å². The third-order valence-corrected chi connectivity index (χ3v) is 8.23. The fourth-order valence-corrected chi connectivity index (χ4v) is 5.92. The molecule has 1 amide bonds. The van der Waals surface area contributed by atoms with Gasteiger partial charge in [0.25, 0.3) is 5.56 Å². The minimum absolute atomic E-state index is 0.0208. The Morgan fingerprint density at radius 1 is 1.06 bits per heavy atom. The van der Waals surface area contributed by atoms with Gasteiger partial charge < -0.3 is 14.4 Å². The van der Waals surface area contributed by atoms with Crippen molar-refractivity contribution in [2.75, 3.05) is 19.7 Å². The zero-order valence-electron chi connectivity index (χ0n) is 26.1. The van der Waals surface area contributed by atoms with Crippen LogP contribution in [-0.4, -0.2) is 50.8 Å². The van der Waals surface area contributed by atoms with E-state index in [2.05, 4.69) is 9.97 Å². The van der Waals surface area contributed by atoms with E-state index in [4.69, 9.17) is 9.47 Å². The van der Waals surface area contributed by atoms with Gasteiger partial charge in [0.15, 0.2) is 17.4 Å². The number of rotatable bonds is 6. The molecule has 242 valence electrons. The Morgan fingerprint density at radius 2 is 1.79 bits per heavy atom. The molecule has 0 atom stereocenters. The lowest BCUT2D eigenvalue weighted by Gasteiger charge is -2.33. The molecule has 2 aromatic carbocycles. The summed E-state index contributed by atoms with van der Waals surface area (Å²) in [5.74, 6) is -3.66. The Kier molecular flexibility index (Phi) is 8.26. The Morgan fingerprint density at radius 3 is 2.47 bits per heavy atom. The minimum Gasteiger partial charge on any atom is -0.490 e. The van der Waals surface area contributed by atoms with Crippen molar-refractivity contribution >= 4 is 6.09 Å². The number of halogens is 3. The maximum atomic E-state index is 15.7. The van der Waals surface area contributed by atoms with E-state index in [1.54, 1.807) is 41.6 Å². The first-order valence-corrected chi connectivity index (χ1v) is 15.2. The van der Waals surface area contributed by atoms with E-state index in [9.17, 15) is 19.2 Å². The number of piperidine rings is 1. The van der Waals surface area contributed by atoms with Gasteiger partial charge in [-0.2, -0.15) is 14.0 Å². The molecule has 6 rings (SSSR count). The van der Waals surface area contributed by atoms with Crippen LogP contribution in [0.15, 0.2) is 65.7 Å². The van der Waals surface area contributed by atoms with Gasteiger partial charge in [-0.15, -0.1) is 0 Å². The van der Waals surface area contributed by atoms with Crippen LogP contribution >= 0.6 is 0 Å². The lowest BCUT2D eigenvalue weighted by atomic mass is 9.98. The highest BCUT2D eigenvalue weighted by atomic mass is 19.3.